The van der Waals surface area contributed by atoms with Crippen LogP contribution in [0.2, 0.25) is 0 Å². The van der Waals surface area contributed by atoms with Crippen molar-refractivity contribution in [2.75, 3.05) is 7.05 Å². The van der Waals surface area contributed by atoms with Crippen molar-refractivity contribution >= 4 is 5.91 Å². The number of aliphatic hydroxyl groups is 1. The van der Waals surface area contributed by atoms with Gasteiger partial charge in [0, 0.05) is 13.6 Å². The second-order valence-electron chi connectivity index (χ2n) is 5.04. The topological polar surface area (TPSA) is 40.5 Å². The van der Waals surface area contributed by atoms with Crippen molar-refractivity contribution < 1.29 is 9.90 Å². The van der Waals surface area contributed by atoms with Crippen molar-refractivity contribution in [3.63, 3.8) is 0 Å². The molecule has 3 heteroatoms. The second kappa shape index (κ2) is 7.74. The molecule has 1 amide bonds. The summed E-state index contributed by atoms with van der Waals surface area (Å²) in [6.07, 6.45) is 3.79. The summed E-state index contributed by atoms with van der Waals surface area (Å²) in [6.45, 7) is 4.34. The maximum Gasteiger partial charge on any atom is 0.246 e. The third kappa shape index (κ3) is 5.71. The molecule has 0 radical (unpaired) electrons. The van der Waals surface area contributed by atoms with Crippen LogP contribution in [0, 0.1) is 5.92 Å². The zero-order valence-corrected chi connectivity index (χ0v) is 11.9. The van der Waals surface area contributed by atoms with E-state index in [9.17, 15) is 9.90 Å². The van der Waals surface area contributed by atoms with Gasteiger partial charge in [-0.3, -0.25) is 4.79 Å². The van der Waals surface area contributed by atoms with E-state index in [4.69, 9.17) is 0 Å². The Morgan fingerprint density at radius 1 is 1.32 bits per heavy atom. The van der Waals surface area contributed by atoms with Crippen LogP contribution in [0.5, 0.6) is 0 Å². The second-order valence-corrected chi connectivity index (χ2v) is 5.04. The van der Waals surface area contributed by atoms with Crippen LogP contribution in [0.3, 0.4) is 0 Å². The Hall–Kier alpha value is -1.61. The van der Waals surface area contributed by atoms with Crippen molar-refractivity contribution in [3.05, 3.63) is 48.0 Å². The van der Waals surface area contributed by atoms with Gasteiger partial charge in [0.2, 0.25) is 5.91 Å². The van der Waals surface area contributed by atoms with Crippen LogP contribution in [-0.2, 0) is 11.3 Å². The van der Waals surface area contributed by atoms with E-state index in [-0.39, 0.29) is 17.9 Å². The van der Waals surface area contributed by atoms with E-state index in [1.807, 2.05) is 43.3 Å². The lowest BCUT2D eigenvalue weighted by Crippen LogP contribution is -2.24. The standard InChI is InChI=1S/C16H23NO2/c1-13(14(2)18)8-7-11-16(19)17(3)12-15-9-5-4-6-10-15/h4-7,9-11,13-14,18H,8,12H2,1-3H3/b11-7+/t13-,14+/m1/s1. The fourth-order valence-corrected chi connectivity index (χ4v) is 1.64. The van der Waals surface area contributed by atoms with E-state index >= 15 is 0 Å². The molecule has 0 unspecified atom stereocenters. The Morgan fingerprint density at radius 2 is 1.95 bits per heavy atom. The number of likely N-dealkylation sites (N-methyl/N-ethyl adjacent to an activating group) is 1. The first kappa shape index (κ1) is 15.4. The van der Waals surface area contributed by atoms with Crippen LogP contribution in [0.25, 0.3) is 0 Å². The number of carbonyl (C=O) groups is 1. The number of amides is 1. The fraction of sp³-hybridized carbons (Fsp3) is 0.438. The molecule has 104 valence electrons. The van der Waals surface area contributed by atoms with E-state index in [0.29, 0.717) is 13.0 Å². The zero-order chi connectivity index (χ0) is 14.3. The summed E-state index contributed by atoms with van der Waals surface area (Å²) in [5.41, 5.74) is 1.11. The molecule has 2 atom stereocenters. The van der Waals surface area contributed by atoms with E-state index in [1.165, 1.54) is 0 Å². The average molecular weight is 261 g/mol. The molecule has 0 aliphatic heterocycles. The predicted molar refractivity (Wildman–Crippen MR) is 77.5 cm³/mol. The third-order valence-corrected chi connectivity index (χ3v) is 3.23. The molecule has 0 aromatic heterocycles. The number of nitrogens with zero attached hydrogens (tertiary/aromatic N) is 1. The monoisotopic (exact) mass is 261 g/mol. The van der Waals surface area contributed by atoms with E-state index in [0.717, 1.165) is 5.56 Å². The molecule has 0 aliphatic carbocycles. The maximum atomic E-state index is 11.9. The van der Waals surface area contributed by atoms with Gasteiger partial charge in [-0.2, -0.15) is 0 Å². The molecule has 0 heterocycles. The largest absolute Gasteiger partial charge is 0.393 e. The smallest absolute Gasteiger partial charge is 0.246 e. The molecule has 1 aromatic carbocycles. The summed E-state index contributed by atoms with van der Waals surface area (Å²) < 4.78 is 0. The number of carbonyl (C=O) groups excluding carboxylic acids is 1. The molecule has 1 aromatic rings. The Balaban J connectivity index is 2.43. The Bertz CT molecular complexity index is 412. The summed E-state index contributed by atoms with van der Waals surface area (Å²) in [6, 6.07) is 9.90. The lowest BCUT2D eigenvalue weighted by Gasteiger charge is -2.15. The van der Waals surface area contributed by atoms with Crippen molar-refractivity contribution in [2.45, 2.75) is 32.9 Å². The molecule has 19 heavy (non-hydrogen) atoms. The zero-order valence-electron chi connectivity index (χ0n) is 11.9. The Morgan fingerprint density at radius 3 is 2.53 bits per heavy atom. The van der Waals surface area contributed by atoms with Crippen LogP contribution in [-0.4, -0.2) is 29.1 Å². The number of rotatable bonds is 6. The van der Waals surface area contributed by atoms with Gasteiger partial charge in [-0.15, -0.1) is 0 Å². The number of allylic oxidation sites excluding steroid dienone is 1. The lowest BCUT2D eigenvalue weighted by molar-refractivity contribution is -0.125. The van der Waals surface area contributed by atoms with E-state index in [1.54, 1.807) is 24.9 Å². The van der Waals surface area contributed by atoms with Crippen molar-refractivity contribution in [3.8, 4) is 0 Å². The van der Waals surface area contributed by atoms with Crippen LogP contribution in [0.15, 0.2) is 42.5 Å². The molecule has 0 saturated heterocycles. The highest BCUT2D eigenvalue weighted by Crippen LogP contribution is 2.08. The average Bonchev–Trinajstić information content (AvgIpc) is 2.39. The van der Waals surface area contributed by atoms with Crippen LogP contribution >= 0.6 is 0 Å². The summed E-state index contributed by atoms with van der Waals surface area (Å²) >= 11 is 0. The minimum absolute atomic E-state index is 0.0124. The minimum atomic E-state index is -0.346. The first-order chi connectivity index (χ1) is 9.00. The molecular weight excluding hydrogens is 238 g/mol. The van der Waals surface area contributed by atoms with Gasteiger partial charge in [0.25, 0.3) is 0 Å². The van der Waals surface area contributed by atoms with Gasteiger partial charge in [0.05, 0.1) is 6.10 Å². The minimum Gasteiger partial charge on any atom is -0.393 e. The van der Waals surface area contributed by atoms with Crippen molar-refractivity contribution in [2.24, 2.45) is 5.92 Å². The molecule has 0 aliphatic rings. The van der Waals surface area contributed by atoms with Gasteiger partial charge < -0.3 is 10.0 Å². The first-order valence-corrected chi connectivity index (χ1v) is 6.64. The van der Waals surface area contributed by atoms with Crippen molar-refractivity contribution in [1.29, 1.82) is 0 Å². The van der Waals surface area contributed by atoms with Gasteiger partial charge >= 0.3 is 0 Å². The van der Waals surface area contributed by atoms with Gasteiger partial charge in [0.1, 0.15) is 0 Å². The Labute approximate surface area is 115 Å². The fourth-order valence-electron chi connectivity index (χ4n) is 1.64. The van der Waals surface area contributed by atoms with Gasteiger partial charge in [-0.25, -0.2) is 0 Å². The highest BCUT2D eigenvalue weighted by Gasteiger charge is 2.08. The summed E-state index contributed by atoms with van der Waals surface area (Å²) in [5, 5.41) is 9.36. The normalized spacial score (nSPS) is 14.3. The van der Waals surface area contributed by atoms with Crippen LogP contribution in [0.4, 0.5) is 0 Å². The third-order valence-electron chi connectivity index (χ3n) is 3.23. The van der Waals surface area contributed by atoms with Gasteiger partial charge in [-0.1, -0.05) is 43.3 Å². The highest BCUT2D eigenvalue weighted by atomic mass is 16.3. The SMILES string of the molecule is C[C@H](O)[C@H](C)C/C=C/C(=O)N(C)Cc1ccccc1. The molecular formula is C16H23NO2. The van der Waals surface area contributed by atoms with E-state index < -0.39 is 0 Å². The molecule has 1 N–H and O–H groups in total. The Kier molecular flexibility index (Phi) is 6.30. The highest BCUT2D eigenvalue weighted by molar-refractivity contribution is 5.87. The maximum absolute atomic E-state index is 11.9. The van der Waals surface area contributed by atoms with Gasteiger partial charge in [-0.05, 0) is 30.9 Å². The first-order valence-electron chi connectivity index (χ1n) is 6.64. The number of aliphatic hydroxyl groups excluding tert-OH is 1. The van der Waals surface area contributed by atoms with Crippen LogP contribution < -0.4 is 0 Å². The van der Waals surface area contributed by atoms with E-state index in [2.05, 4.69) is 0 Å². The summed E-state index contributed by atoms with van der Waals surface area (Å²) in [4.78, 5) is 13.6. The lowest BCUT2D eigenvalue weighted by atomic mass is 10.0. The summed E-state index contributed by atoms with van der Waals surface area (Å²) in [5.74, 6) is 0.158. The quantitative estimate of drug-likeness (QED) is 0.800. The molecule has 0 saturated carbocycles. The molecule has 0 spiro atoms. The van der Waals surface area contributed by atoms with Crippen LogP contribution in [0.1, 0.15) is 25.8 Å². The molecule has 0 fully saturated rings. The molecule has 0 bridgehead atoms. The number of hydrogen-bond acceptors (Lipinski definition) is 2. The predicted octanol–water partition coefficient (Wildman–Crippen LogP) is 2.61. The number of hydrogen-bond donors (Lipinski definition) is 1. The summed E-state index contributed by atoms with van der Waals surface area (Å²) in [7, 11) is 1.79. The van der Waals surface area contributed by atoms with Crippen molar-refractivity contribution in [1.82, 2.24) is 4.90 Å². The molecule has 1 rings (SSSR count). The number of benzene rings is 1. The van der Waals surface area contributed by atoms with Gasteiger partial charge in [0.15, 0.2) is 0 Å². The molecule has 3 nitrogen and oxygen atoms in total.